The first kappa shape index (κ1) is 33.5. The van der Waals surface area contributed by atoms with Gasteiger partial charge in [-0.1, -0.05) is 0 Å². The topological polar surface area (TPSA) is 109 Å². The Hall–Kier alpha value is -3.41. The molecule has 1 aromatic carbocycles. The highest BCUT2D eigenvalue weighted by Crippen LogP contribution is 2.34. The number of hydrogen-bond acceptors (Lipinski definition) is 7. The average molecular weight is 655 g/mol. The van der Waals surface area contributed by atoms with E-state index < -0.39 is 29.1 Å². The molecule has 4 aliphatic heterocycles. The number of carbonyl (C=O) groups is 3. The predicted octanol–water partition coefficient (Wildman–Crippen LogP) is 4.42. The second kappa shape index (κ2) is 13.6. The molecule has 0 radical (unpaired) electrons. The number of anilines is 1. The van der Waals surface area contributed by atoms with Crippen LogP contribution < -0.4 is 15.9 Å². The molecule has 3 amide bonds. The van der Waals surface area contributed by atoms with E-state index in [1.54, 1.807) is 12.1 Å². The molecule has 258 valence electrons. The van der Waals surface area contributed by atoms with Crippen molar-refractivity contribution in [3.63, 3.8) is 0 Å². The number of halogens is 1. The minimum absolute atomic E-state index is 0.144. The number of benzene rings is 1. The number of fused-ring (bicyclic) bond motifs is 1. The van der Waals surface area contributed by atoms with Crippen LogP contribution in [0.15, 0.2) is 16.9 Å². The Balaban J connectivity index is 0.969. The number of ether oxygens (including phenoxy) is 1. The molecule has 1 unspecified atom stereocenters. The van der Waals surface area contributed by atoms with Crippen molar-refractivity contribution in [3.8, 4) is 0 Å². The normalized spacial score (nSPS) is 23.0. The van der Waals surface area contributed by atoms with Gasteiger partial charge >= 0.3 is 11.8 Å². The van der Waals surface area contributed by atoms with Crippen LogP contribution in [0, 0.1) is 23.6 Å². The van der Waals surface area contributed by atoms with Crippen LogP contribution in [0.4, 0.5) is 14.9 Å². The summed E-state index contributed by atoms with van der Waals surface area (Å²) in [6.45, 7) is 12.2. The predicted molar refractivity (Wildman–Crippen MR) is 178 cm³/mol. The highest BCUT2D eigenvalue weighted by atomic mass is 19.1. The summed E-state index contributed by atoms with van der Waals surface area (Å²) < 4.78 is 24.2. The Kier molecular flexibility index (Phi) is 9.69. The molecule has 0 aliphatic carbocycles. The van der Waals surface area contributed by atoms with E-state index in [4.69, 9.17) is 4.74 Å². The van der Waals surface area contributed by atoms with E-state index in [1.807, 2.05) is 25.7 Å². The minimum atomic E-state index is -0.834. The third-order valence-corrected chi connectivity index (χ3v) is 10.8. The Labute approximate surface area is 276 Å². The molecule has 4 aliphatic rings. The molecule has 4 saturated heterocycles. The monoisotopic (exact) mass is 654 g/mol. The van der Waals surface area contributed by atoms with Crippen molar-refractivity contribution in [2.24, 2.45) is 24.8 Å². The number of piperidine rings is 4. The average Bonchev–Trinajstić information content (AvgIpc) is 3.28. The van der Waals surface area contributed by atoms with Gasteiger partial charge in [-0.15, -0.1) is 0 Å². The summed E-state index contributed by atoms with van der Waals surface area (Å²) >= 11 is 0. The molecule has 47 heavy (non-hydrogen) atoms. The summed E-state index contributed by atoms with van der Waals surface area (Å²) in [4.78, 5) is 56.3. The number of aryl methyl sites for hydroxylation is 1. The fourth-order valence-corrected chi connectivity index (χ4v) is 8.17. The highest BCUT2D eigenvalue weighted by molar-refractivity contribution is 6.00. The second-order valence-electron chi connectivity index (χ2n) is 15.3. The van der Waals surface area contributed by atoms with Crippen molar-refractivity contribution < 1.29 is 23.5 Å². The van der Waals surface area contributed by atoms with E-state index in [0.717, 1.165) is 77.4 Å². The van der Waals surface area contributed by atoms with Gasteiger partial charge in [0.2, 0.25) is 11.8 Å². The van der Waals surface area contributed by atoms with Crippen LogP contribution in [0.5, 0.6) is 0 Å². The fourth-order valence-electron chi connectivity index (χ4n) is 8.17. The lowest BCUT2D eigenvalue weighted by molar-refractivity contribution is -0.135. The van der Waals surface area contributed by atoms with Gasteiger partial charge in [-0.25, -0.2) is 14.0 Å². The van der Waals surface area contributed by atoms with E-state index in [1.165, 1.54) is 35.4 Å². The van der Waals surface area contributed by atoms with Crippen LogP contribution in [0.25, 0.3) is 11.0 Å². The quantitative estimate of drug-likeness (QED) is 0.460. The van der Waals surface area contributed by atoms with Crippen LogP contribution in [0.3, 0.4) is 0 Å². The molecule has 0 spiro atoms. The summed E-state index contributed by atoms with van der Waals surface area (Å²) in [5.74, 6) is 0.696. The maximum Gasteiger partial charge on any atom is 0.410 e. The summed E-state index contributed by atoms with van der Waals surface area (Å²) in [5, 5.41) is 2.30. The molecule has 6 rings (SSSR count). The molecular weight excluding hydrogens is 603 g/mol. The van der Waals surface area contributed by atoms with Gasteiger partial charge in [0, 0.05) is 46.2 Å². The van der Waals surface area contributed by atoms with Gasteiger partial charge < -0.3 is 19.4 Å². The highest BCUT2D eigenvalue weighted by Gasteiger charge is 2.34. The Morgan fingerprint density at radius 1 is 0.894 bits per heavy atom. The van der Waals surface area contributed by atoms with E-state index >= 15 is 4.39 Å². The maximum atomic E-state index is 16.0. The van der Waals surface area contributed by atoms with Gasteiger partial charge in [-0.3, -0.25) is 24.0 Å². The third-order valence-electron chi connectivity index (χ3n) is 10.8. The van der Waals surface area contributed by atoms with Gasteiger partial charge in [0.25, 0.3) is 0 Å². The summed E-state index contributed by atoms with van der Waals surface area (Å²) in [5.41, 5.74) is 0.138. The van der Waals surface area contributed by atoms with Crippen molar-refractivity contribution in [3.05, 3.63) is 28.4 Å². The van der Waals surface area contributed by atoms with Crippen molar-refractivity contribution in [1.82, 2.24) is 24.3 Å². The molecule has 4 fully saturated rings. The summed E-state index contributed by atoms with van der Waals surface area (Å²) in [7, 11) is 1.53. The summed E-state index contributed by atoms with van der Waals surface area (Å²) in [6, 6.07) is 2.63. The molecule has 12 heteroatoms. The molecule has 0 saturated carbocycles. The standard InChI is InChI=1S/C35H51FN6O5/c1-35(2,3)47-34(46)41-19-11-24(12-20-41)21-23-9-15-39(16-10-23)22-25-13-17-40(18-14-25)26-5-6-27-31(30(26)36)38(4)33(45)42(27)28-7-8-29(43)37-32(28)44/h5-6,23-25,28H,7-22H2,1-4H3,(H,37,43,44). The minimum Gasteiger partial charge on any atom is -0.444 e. The zero-order valence-corrected chi connectivity index (χ0v) is 28.4. The first-order valence-electron chi connectivity index (χ1n) is 17.6. The van der Waals surface area contributed by atoms with Gasteiger partial charge in [0.05, 0.1) is 11.2 Å². The molecular formula is C35H51FN6O5. The third kappa shape index (κ3) is 7.37. The second-order valence-corrected chi connectivity index (χ2v) is 15.3. The number of likely N-dealkylation sites (tertiary alicyclic amines) is 2. The summed E-state index contributed by atoms with van der Waals surface area (Å²) in [6.07, 6.45) is 8.00. The van der Waals surface area contributed by atoms with Gasteiger partial charge in [-0.05, 0) is 115 Å². The lowest BCUT2D eigenvalue weighted by Gasteiger charge is -2.39. The number of nitrogens with one attached hydrogen (secondary N) is 1. The number of imidazole rings is 1. The van der Waals surface area contributed by atoms with E-state index in [-0.39, 0.29) is 30.4 Å². The largest absolute Gasteiger partial charge is 0.444 e. The molecule has 5 heterocycles. The molecule has 2 aromatic rings. The van der Waals surface area contributed by atoms with Gasteiger partial charge in [0.15, 0.2) is 5.82 Å². The number of aromatic nitrogens is 2. The van der Waals surface area contributed by atoms with Crippen molar-refractivity contribution in [2.45, 2.75) is 90.2 Å². The molecule has 11 nitrogen and oxygen atoms in total. The first-order valence-corrected chi connectivity index (χ1v) is 17.6. The van der Waals surface area contributed by atoms with Gasteiger partial charge in [-0.2, -0.15) is 0 Å². The van der Waals surface area contributed by atoms with Crippen LogP contribution >= 0.6 is 0 Å². The zero-order valence-electron chi connectivity index (χ0n) is 28.4. The number of nitrogens with zero attached hydrogens (tertiary/aromatic N) is 5. The van der Waals surface area contributed by atoms with Crippen LogP contribution in [0.1, 0.15) is 84.6 Å². The van der Waals surface area contributed by atoms with E-state index in [9.17, 15) is 19.2 Å². The van der Waals surface area contributed by atoms with Crippen molar-refractivity contribution >= 4 is 34.6 Å². The number of rotatable bonds is 6. The smallest absolute Gasteiger partial charge is 0.410 e. The Bertz CT molecular complexity index is 1540. The number of amides is 3. The Morgan fingerprint density at radius 2 is 1.51 bits per heavy atom. The molecule has 1 atom stereocenters. The number of carbonyl (C=O) groups excluding carboxylic acids is 3. The zero-order chi connectivity index (χ0) is 33.5. The first-order chi connectivity index (χ1) is 22.4. The SMILES string of the molecule is Cn1c(=O)n(C2CCC(=O)NC2=O)c2ccc(N3CCC(CN4CCC(CC5CCN(C(=O)OC(C)(C)C)CC5)CC4)CC3)c(F)c21. The van der Waals surface area contributed by atoms with Gasteiger partial charge in [0.1, 0.15) is 17.2 Å². The molecule has 1 N–H and O–H groups in total. The van der Waals surface area contributed by atoms with Crippen molar-refractivity contribution in [2.75, 3.05) is 50.7 Å². The van der Waals surface area contributed by atoms with Crippen LogP contribution in [-0.4, -0.2) is 88.3 Å². The molecule has 0 bridgehead atoms. The fraction of sp³-hybridized carbons (Fsp3) is 0.714. The lowest BCUT2D eigenvalue weighted by atomic mass is 9.82. The Morgan fingerprint density at radius 3 is 2.13 bits per heavy atom. The maximum absolute atomic E-state index is 16.0. The van der Waals surface area contributed by atoms with Crippen molar-refractivity contribution in [1.29, 1.82) is 0 Å². The van der Waals surface area contributed by atoms with Crippen LogP contribution in [0.2, 0.25) is 0 Å². The molecule has 1 aromatic heterocycles. The van der Waals surface area contributed by atoms with Crippen LogP contribution in [-0.2, 0) is 21.4 Å². The number of hydrogen-bond donors (Lipinski definition) is 1. The van der Waals surface area contributed by atoms with E-state index in [2.05, 4.69) is 15.1 Å². The number of imide groups is 1. The van der Waals surface area contributed by atoms with E-state index in [0.29, 0.717) is 23.0 Å². The lowest BCUT2D eigenvalue weighted by Crippen LogP contribution is -2.44.